The summed E-state index contributed by atoms with van der Waals surface area (Å²) in [5.41, 5.74) is 1.60. The zero-order chi connectivity index (χ0) is 22.4. The molecule has 2 N–H and O–H groups in total. The van der Waals surface area contributed by atoms with Crippen molar-refractivity contribution in [1.29, 1.82) is 0 Å². The van der Waals surface area contributed by atoms with Gasteiger partial charge in [-0.1, -0.05) is 30.3 Å². The number of nitrogens with one attached hydrogen (secondary N) is 1. The second kappa shape index (κ2) is 9.90. The Bertz CT molecular complexity index is 1130. The Hall–Kier alpha value is -3.65. The van der Waals surface area contributed by atoms with Gasteiger partial charge in [0, 0.05) is 31.1 Å². The van der Waals surface area contributed by atoms with Crippen LogP contribution < -0.4 is 15.7 Å². The number of carbonyl (C=O) groups is 2. The first kappa shape index (κ1) is 22.0. The predicted molar refractivity (Wildman–Crippen MR) is 115 cm³/mol. The monoisotopic (exact) mass is 424 g/mol. The maximum Gasteiger partial charge on any atom is 0.336 e. The van der Waals surface area contributed by atoms with Crippen LogP contribution in [0, 0.1) is 6.92 Å². The van der Waals surface area contributed by atoms with Gasteiger partial charge in [-0.2, -0.15) is 0 Å². The summed E-state index contributed by atoms with van der Waals surface area (Å²) < 4.78 is 10.6. The Balaban J connectivity index is 1.58. The lowest BCUT2D eigenvalue weighted by atomic mass is 10.1. The molecule has 3 rings (SSSR count). The molecule has 1 atom stereocenters. The van der Waals surface area contributed by atoms with E-state index in [4.69, 9.17) is 9.15 Å². The molecular formula is C23H24N2O6. The second-order valence-corrected chi connectivity index (χ2v) is 7.18. The highest BCUT2D eigenvalue weighted by atomic mass is 16.5. The smallest absolute Gasteiger partial charge is 0.336 e. The van der Waals surface area contributed by atoms with E-state index in [9.17, 15) is 19.5 Å². The first-order chi connectivity index (χ1) is 14.9. The van der Waals surface area contributed by atoms with Crippen LogP contribution in [0.1, 0.15) is 11.1 Å². The number of ether oxygens (including phenoxy) is 1. The van der Waals surface area contributed by atoms with Gasteiger partial charge in [-0.05, 0) is 30.2 Å². The number of fused-ring (bicyclic) bond motifs is 1. The molecule has 0 aliphatic heterocycles. The molecule has 8 nitrogen and oxygen atoms in total. The number of aliphatic hydroxyl groups excluding tert-OH is 1. The summed E-state index contributed by atoms with van der Waals surface area (Å²) >= 11 is 0. The normalized spacial score (nSPS) is 11.7. The van der Waals surface area contributed by atoms with E-state index in [1.807, 2.05) is 30.3 Å². The number of hydrogen-bond donors (Lipinski definition) is 2. The number of aryl methyl sites for hydroxylation is 1. The number of likely N-dealkylation sites (N-methyl/N-ethyl adjacent to an activating group) is 1. The zero-order valence-electron chi connectivity index (χ0n) is 17.3. The summed E-state index contributed by atoms with van der Waals surface area (Å²) in [6.45, 7) is 1.25. The molecule has 1 unspecified atom stereocenters. The van der Waals surface area contributed by atoms with Gasteiger partial charge in [-0.3, -0.25) is 9.59 Å². The minimum atomic E-state index is -1.08. The van der Waals surface area contributed by atoms with Gasteiger partial charge in [-0.25, -0.2) is 4.79 Å². The summed E-state index contributed by atoms with van der Waals surface area (Å²) in [4.78, 5) is 37.8. The van der Waals surface area contributed by atoms with Gasteiger partial charge in [-0.15, -0.1) is 0 Å². The summed E-state index contributed by atoms with van der Waals surface area (Å²) in [5, 5.41) is 12.8. The van der Waals surface area contributed by atoms with Crippen LogP contribution in [-0.4, -0.2) is 48.1 Å². The lowest BCUT2D eigenvalue weighted by molar-refractivity contribution is -0.137. The third-order valence-electron chi connectivity index (χ3n) is 4.75. The van der Waals surface area contributed by atoms with Crippen LogP contribution in [0.4, 0.5) is 0 Å². The highest BCUT2D eigenvalue weighted by molar-refractivity contribution is 5.88. The molecule has 0 bridgehead atoms. The summed E-state index contributed by atoms with van der Waals surface area (Å²) in [7, 11) is 1.60. The highest BCUT2D eigenvalue weighted by Gasteiger charge is 2.23. The van der Waals surface area contributed by atoms with Gasteiger partial charge in [0.05, 0.1) is 6.61 Å². The van der Waals surface area contributed by atoms with Crippen LogP contribution >= 0.6 is 0 Å². The quantitative estimate of drug-likeness (QED) is 0.532. The predicted octanol–water partition coefficient (Wildman–Crippen LogP) is 1.62. The van der Waals surface area contributed by atoms with Crippen molar-refractivity contribution in [2.45, 2.75) is 19.5 Å². The van der Waals surface area contributed by atoms with Crippen molar-refractivity contribution in [1.82, 2.24) is 10.2 Å². The van der Waals surface area contributed by atoms with Crippen LogP contribution in [0.2, 0.25) is 0 Å². The van der Waals surface area contributed by atoms with E-state index >= 15 is 0 Å². The van der Waals surface area contributed by atoms with Crippen LogP contribution in [0.15, 0.2) is 63.8 Å². The molecule has 31 heavy (non-hydrogen) atoms. The second-order valence-electron chi connectivity index (χ2n) is 7.18. The van der Waals surface area contributed by atoms with E-state index in [1.54, 1.807) is 26.1 Å². The van der Waals surface area contributed by atoms with Crippen LogP contribution in [0.25, 0.3) is 11.0 Å². The molecule has 0 fully saturated rings. The fourth-order valence-electron chi connectivity index (χ4n) is 3.17. The van der Waals surface area contributed by atoms with Gasteiger partial charge < -0.3 is 24.5 Å². The van der Waals surface area contributed by atoms with Gasteiger partial charge in [0.15, 0.2) is 6.61 Å². The molecule has 0 saturated heterocycles. The maximum absolute atomic E-state index is 12.6. The highest BCUT2D eigenvalue weighted by Crippen LogP contribution is 2.22. The van der Waals surface area contributed by atoms with Crippen LogP contribution in [-0.2, 0) is 16.1 Å². The minimum Gasteiger partial charge on any atom is -0.484 e. The Labute approximate surface area is 179 Å². The molecule has 162 valence electrons. The SMILES string of the molecule is Cc1cc(=O)oc2cc(OCC(=O)NC(CO)C(=O)N(C)Cc3ccccc3)ccc12. The number of amides is 2. The minimum absolute atomic E-state index is 0.337. The maximum atomic E-state index is 12.6. The summed E-state index contributed by atoms with van der Waals surface area (Å²) in [5.74, 6) is -0.640. The number of aliphatic hydroxyl groups is 1. The molecule has 3 aromatic rings. The lowest BCUT2D eigenvalue weighted by Gasteiger charge is -2.23. The van der Waals surface area contributed by atoms with Crippen LogP contribution in [0.3, 0.4) is 0 Å². The van der Waals surface area contributed by atoms with E-state index in [-0.39, 0.29) is 6.61 Å². The van der Waals surface area contributed by atoms with E-state index in [0.717, 1.165) is 16.5 Å². The van der Waals surface area contributed by atoms with Gasteiger partial charge in [0.1, 0.15) is 17.4 Å². The third-order valence-corrected chi connectivity index (χ3v) is 4.75. The first-order valence-corrected chi connectivity index (χ1v) is 9.74. The molecule has 1 heterocycles. The molecule has 8 heteroatoms. The van der Waals surface area contributed by atoms with Crippen molar-refractivity contribution in [2.75, 3.05) is 20.3 Å². The zero-order valence-corrected chi connectivity index (χ0v) is 17.3. The Morgan fingerprint density at radius 2 is 1.90 bits per heavy atom. The van der Waals surface area contributed by atoms with E-state index in [0.29, 0.717) is 17.9 Å². The molecule has 0 aliphatic carbocycles. The first-order valence-electron chi connectivity index (χ1n) is 9.74. The van der Waals surface area contributed by atoms with Crippen molar-refractivity contribution in [3.63, 3.8) is 0 Å². The van der Waals surface area contributed by atoms with Crippen molar-refractivity contribution in [3.8, 4) is 5.75 Å². The fraction of sp³-hybridized carbons (Fsp3) is 0.261. The number of nitrogens with zero attached hydrogens (tertiary/aromatic N) is 1. The molecule has 2 amide bonds. The Kier molecular flexibility index (Phi) is 7.04. The molecule has 2 aromatic carbocycles. The number of hydrogen-bond acceptors (Lipinski definition) is 6. The Morgan fingerprint density at radius 3 is 2.61 bits per heavy atom. The molecule has 1 aromatic heterocycles. The average Bonchev–Trinajstić information content (AvgIpc) is 2.75. The third kappa shape index (κ3) is 5.70. The number of benzene rings is 2. The summed E-state index contributed by atoms with van der Waals surface area (Å²) in [6, 6.07) is 14.6. The average molecular weight is 424 g/mol. The van der Waals surface area contributed by atoms with E-state index in [1.165, 1.54) is 17.0 Å². The van der Waals surface area contributed by atoms with Crippen molar-refractivity contribution < 1.29 is 23.8 Å². The fourth-order valence-corrected chi connectivity index (χ4v) is 3.17. The standard InChI is InChI=1S/C23H24N2O6/c1-15-10-22(28)31-20-11-17(8-9-18(15)20)30-14-21(27)24-19(13-26)23(29)25(2)12-16-6-4-3-5-7-16/h3-11,19,26H,12-14H2,1-2H3,(H,24,27). The van der Waals surface area contributed by atoms with Crippen LogP contribution in [0.5, 0.6) is 5.75 Å². The topological polar surface area (TPSA) is 109 Å². The number of rotatable bonds is 8. The summed E-state index contributed by atoms with van der Waals surface area (Å²) in [6.07, 6.45) is 0. The van der Waals surface area contributed by atoms with Crippen molar-refractivity contribution in [3.05, 3.63) is 76.1 Å². The molecular weight excluding hydrogens is 400 g/mol. The largest absolute Gasteiger partial charge is 0.484 e. The number of carbonyl (C=O) groups excluding carboxylic acids is 2. The van der Waals surface area contributed by atoms with E-state index < -0.39 is 30.1 Å². The molecule has 0 radical (unpaired) electrons. The van der Waals surface area contributed by atoms with Crippen molar-refractivity contribution in [2.24, 2.45) is 0 Å². The van der Waals surface area contributed by atoms with Gasteiger partial charge in [0.25, 0.3) is 5.91 Å². The van der Waals surface area contributed by atoms with Gasteiger partial charge >= 0.3 is 5.63 Å². The van der Waals surface area contributed by atoms with Gasteiger partial charge in [0.2, 0.25) is 5.91 Å². The molecule has 0 spiro atoms. The molecule has 0 saturated carbocycles. The van der Waals surface area contributed by atoms with Crippen molar-refractivity contribution >= 4 is 22.8 Å². The van der Waals surface area contributed by atoms with E-state index in [2.05, 4.69) is 5.32 Å². The lowest BCUT2D eigenvalue weighted by Crippen LogP contribution is -2.50. The molecule has 0 aliphatic rings. The Morgan fingerprint density at radius 1 is 1.16 bits per heavy atom.